The summed E-state index contributed by atoms with van der Waals surface area (Å²) in [6, 6.07) is 17.2. The number of rotatable bonds is 16. The minimum atomic E-state index is -6.13. The Balaban J connectivity index is 1.35. The average Bonchev–Trinajstić information content (AvgIpc) is 0.670. The number of carbonyl (C=O) groups is 6. The van der Waals surface area contributed by atoms with Crippen molar-refractivity contribution in [3.8, 4) is 46.0 Å². The van der Waals surface area contributed by atoms with Crippen molar-refractivity contribution in [1.82, 2.24) is 20.4 Å². The van der Waals surface area contributed by atoms with Gasteiger partial charge >= 0.3 is 24.7 Å². The third-order valence-corrected chi connectivity index (χ3v) is 19.0. The molecule has 9 aromatic carbocycles. The molecule has 0 spiro atoms. The summed E-state index contributed by atoms with van der Waals surface area (Å²) in [5.41, 5.74) is -0.756. The SMILES string of the molecule is CC(C)C(C(=O)NC(C(F)(F)F)C(F)(F)F)N1C(=O)c2cc(Oc3ccc(C(C)(C)C)cc3)c3c4c(Oc5ccc(C(C)(C)C)cc5)cc5c6c(cc(Oc7ccc(C(C)(C)C)cc7)c(c7c(Oc8ccc(C(C)(C)C)cc8)cc(c2c37)C1=O)c64)C(=O)N(C(C(=O)NC(C(F)(F)F)C(F)(F)F)C(C)C)C5=O. The second kappa shape index (κ2) is 26.4. The van der Waals surface area contributed by atoms with Crippen molar-refractivity contribution in [3.63, 3.8) is 0 Å². The topological polar surface area (TPSA) is 170 Å². The van der Waals surface area contributed by atoms with E-state index < -0.39 is 140 Å². The highest BCUT2D eigenvalue weighted by Gasteiger charge is 2.60. The number of hydrogen-bond acceptors (Lipinski definition) is 10. The molecule has 14 nitrogen and oxygen atoms in total. The lowest BCUT2D eigenvalue weighted by Gasteiger charge is -2.38. The Morgan fingerprint density at radius 3 is 0.660 bits per heavy atom. The molecule has 2 aliphatic rings. The molecule has 2 aliphatic heterocycles. The van der Waals surface area contributed by atoms with E-state index in [0.717, 1.165) is 57.2 Å². The summed E-state index contributed by atoms with van der Waals surface area (Å²) in [5, 5.41) is 0.659. The van der Waals surface area contributed by atoms with Crippen LogP contribution in [0.25, 0.3) is 43.1 Å². The Hall–Kier alpha value is -10.1. The predicted octanol–water partition coefficient (Wildman–Crippen LogP) is 20.6. The monoisotopic (exact) mass is 1480 g/mol. The van der Waals surface area contributed by atoms with Gasteiger partial charge in [-0.15, -0.1) is 0 Å². The van der Waals surface area contributed by atoms with E-state index in [1.807, 2.05) is 83.1 Å². The summed E-state index contributed by atoms with van der Waals surface area (Å²) in [6.45, 7) is 28.0. The number of amides is 6. The summed E-state index contributed by atoms with van der Waals surface area (Å²) in [7, 11) is 0. The van der Waals surface area contributed by atoms with Crippen LogP contribution in [0.15, 0.2) is 121 Å². The van der Waals surface area contributed by atoms with Crippen LogP contribution >= 0.6 is 0 Å². The van der Waals surface area contributed by atoms with Gasteiger partial charge in [0.1, 0.15) is 58.1 Å². The van der Waals surface area contributed by atoms with Crippen LogP contribution in [0.5, 0.6) is 46.0 Å². The summed E-state index contributed by atoms with van der Waals surface area (Å²) < 4.78 is 201. The first kappa shape index (κ1) is 77.0. The quantitative estimate of drug-likeness (QED) is 0.0411. The van der Waals surface area contributed by atoms with Crippen molar-refractivity contribution in [1.29, 1.82) is 0 Å². The van der Waals surface area contributed by atoms with Gasteiger partial charge in [-0.25, -0.2) is 0 Å². The molecule has 2 N–H and O–H groups in total. The molecule has 0 aromatic heterocycles. The highest BCUT2D eigenvalue weighted by Crippen LogP contribution is 2.59. The lowest BCUT2D eigenvalue weighted by molar-refractivity contribution is -0.259. The lowest BCUT2D eigenvalue weighted by atomic mass is 9.80. The minimum absolute atomic E-state index is 0.0404. The summed E-state index contributed by atoms with van der Waals surface area (Å²) in [6.07, 6.45) is -24.5. The van der Waals surface area contributed by atoms with Crippen molar-refractivity contribution >= 4 is 78.5 Å². The second-order valence-electron chi connectivity index (χ2n) is 31.6. The van der Waals surface area contributed by atoms with Crippen molar-refractivity contribution in [2.24, 2.45) is 11.8 Å². The first-order chi connectivity index (χ1) is 48.8. The number of benzene rings is 9. The molecule has 0 saturated heterocycles. The molecule has 0 fully saturated rings. The Labute approximate surface area is 602 Å². The Morgan fingerprint density at radius 1 is 0.311 bits per heavy atom. The Morgan fingerprint density at radius 2 is 0.500 bits per heavy atom. The molecule has 11 rings (SSSR count). The van der Waals surface area contributed by atoms with E-state index in [4.69, 9.17) is 18.9 Å². The first-order valence-electron chi connectivity index (χ1n) is 33.9. The molecule has 0 bridgehead atoms. The van der Waals surface area contributed by atoms with E-state index in [-0.39, 0.29) is 98.9 Å². The van der Waals surface area contributed by atoms with Crippen molar-refractivity contribution in [2.75, 3.05) is 0 Å². The molecule has 2 heterocycles. The van der Waals surface area contributed by atoms with E-state index in [1.165, 1.54) is 27.7 Å². The van der Waals surface area contributed by atoms with Gasteiger partial charge in [0.25, 0.3) is 23.6 Å². The van der Waals surface area contributed by atoms with Gasteiger partial charge in [-0.1, -0.05) is 159 Å². The standard InChI is InChI=1S/C80H76F12N4O10/c1-37(2)63(65(97)93-71(77(81,82)83)78(84,85)86)95-67(99)47-33-51(103-43-25-17-39(18-26-43)73(5,6)7)57-59-53(105-45-29-21-41(22-30-45)75(11,12)13)35-49-56-50(70(102)96(69(49)101)64(38(3)4)66(98)94-72(79(87,88)89)80(90,91)92)36-54(106-46-31-23-42(24-32-46)76(14,15)16)60(62(56)59)58-52(34-48(68(95)100)55(47)61(57)58)104-44-27-19-40(20-28-44)74(8,9)10/h17-38,63-64,71-72H,1-16H3,(H,93,97)(H,94,98). The smallest absolute Gasteiger partial charge is 0.417 e. The summed E-state index contributed by atoms with van der Waals surface area (Å²) >= 11 is 0. The van der Waals surface area contributed by atoms with Crippen LogP contribution in [0.2, 0.25) is 0 Å². The third-order valence-electron chi connectivity index (χ3n) is 19.0. The van der Waals surface area contributed by atoms with E-state index in [9.17, 15) is 62.3 Å². The molecule has 0 saturated carbocycles. The van der Waals surface area contributed by atoms with Gasteiger partial charge in [-0.05, 0) is 129 Å². The van der Waals surface area contributed by atoms with Gasteiger partial charge < -0.3 is 29.6 Å². The van der Waals surface area contributed by atoms with Crippen molar-refractivity contribution in [3.05, 3.63) is 166 Å². The fourth-order valence-electron chi connectivity index (χ4n) is 13.6. The zero-order valence-electron chi connectivity index (χ0n) is 60.5. The molecule has 2 unspecified atom stereocenters. The molecule has 106 heavy (non-hydrogen) atoms. The number of imide groups is 2. The fourth-order valence-corrected chi connectivity index (χ4v) is 13.6. The molecule has 0 aliphatic carbocycles. The number of fused-ring (bicyclic) bond motifs is 2. The minimum Gasteiger partial charge on any atom is -0.457 e. The molecule has 26 heteroatoms. The largest absolute Gasteiger partial charge is 0.457 e. The maximum absolute atomic E-state index is 16.0. The molecule has 0 radical (unpaired) electrons. The van der Waals surface area contributed by atoms with Gasteiger partial charge in [0.15, 0.2) is 0 Å². The van der Waals surface area contributed by atoms with Gasteiger partial charge in [-0.2, -0.15) is 52.7 Å². The van der Waals surface area contributed by atoms with E-state index in [1.54, 1.807) is 97.1 Å². The van der Waals surface area contributed by atoms with Crippen LogP contribution in [-0.2, 0) is 31.2 Å². The number of carbonyl (C=O) groups excluding carboxylic acids is 6. The number of nitrogens with zero attached hydrogens (tertiary/aromatic N) is 2. The Kier molecular flexibility index (Phi) is 19.2. The maximum atomic E-state index is 16.0. The van der Waals surface area contributed by atoms with Crippen LogP contribution in [0.1, 0.15) is 174 Å². The van der Waals surface area contributed by atoms with E-state index >= 15 is 19.2 Å². The van der Waals surface area contributed by atoms with Crippen LogP contribution in [0.3, 0.4) is 0 Å². The number of halogens is 12. The number of ether oxygens (including phenoxy) is 4. The van der Waals surface area contributed by atoms with Gasteiger partial charge in [-0.3, -0.25) is 38.6 Å². The summed E-state index contributed by atoms with van der Waals surface area (Å²) in [5.74, 6) is -13.8. The second-order valence-corrected chi connectivity index (χ2v) is 31.6. The number of nitrogens with one attached hydrogen (secondary N) is 2. The first-order valence-corrected chi connectivity index (χ1v) is 33.9. The van der Waals surface area contributed by atoms with Crippen LogP contribution in [0.4, 0.5) is 52.7 Å². The summed E-state index contributed by atoms with van der Waals surface area (Å²) in [4.78, 5) is 93.6. The lowest BCUT2D eigenvalue weighted by Crippen LogP contribution is -2.62. The van der Waals surface area contributed by atoms with Gasteiger partial charge in [0, 0.05) is 43.1 Å². The zero-order chi connectivity index (χ0) is 78.3. The van der Waals surface area contributed by atoms with Crippen molar-refractivity contribution < 1.29 is 100 Å². The molecule has 2 atom stereocenters. The van der Waals surface area contributed by atoms with Gasteiger partial charge in [0.05, 0.1) is 22.3 Å². The molecular formula is C80H76F12N4O10. The molecule has 9 aromatic rings. The number of alkyl halides is 12. The van der Waals surface area contributed by atoms with Crippen LogP contribution in [-0.4, -0.2) is 94.1 Å². The van der Waals surface area contributed by atoms with Gasteiger partial charge in [0.2, 0.25) is 23.9 Å². The Bertz CT molecular complexity index is 4430. The highest BCUT2D eigenvalue weighted by molar-refractivity contribution is 6.45. The molecule has 6 amide bonds. The van der Waals surface area contributed by atoms with Crippen LogP contribution in [0, 0.1) is 11.8 Å². The highest BCUT2D eigenvalue weighted by atomic mass is 19.4. The predicted molar refractivity (Wildman–Crippen MR) is 375 cm³/mol. The van der Waals surface area contributed by atoms with Crippen LogP contribution < -0.4 is 29.6 Å². The number of hydrogen-bond donors (Lipinski definition) is 2. The third kappa shape index (κ3) is 14.3. The molecule has 560 valence electrons. The zero-order valence-corrected chi connectivity index (χ0v) is 60.5. The fraction of sp³-hybridized carbons (Fsp3) is 0.375. The maximum Gasteiger partial charge on any atom is 0.417 e. The normalized spacial score (nSPS) is 15.0. The van der Waals surface area contributed by atoms with Crippen molar-refractivity contribution in [2.45, 2.75) is 181 Å². The average molecular weight is 1480 g/mol. The molecular weight excluding hydrogens is 1400 g/mol. The van der Waals surface area contributed by atoms with E-state index in [0.29, 0.717) is 0 Å². The van der Waals surface area contributed by atoms with E-state index in [2.05, 4.69) is 0 Å².